The number of fused-ring (bicyclic) bond motifs is 5. The van der Waals surface area contributed by atoms with Crippen molar-refractivity contribution >= 4 is 32.9 Å². The molecule has 3 aromatic heterocycles. The number of nitrogens with zero attached hydrogens (tertiary/aromatic N) is 2. The summed E-state index contributed by atoms with van der Waals surface area (Å²) in [5, 5.41) is 1.47. The lowest BCUT2D eigenvalue weighted by Crippen LogP contribution is -2.09. The quantitative estimate of drug-likeness (QED) is 0.444. The fourth-order valence-electron chi connectivity index (χ4n) is 3.61. The third kappa shape index (κ3) is 2.40. The van der Waals surface area contributed by atoms with Gasteiger partial charge in [-0.15, -0.1) is 0 Å². The van der Waals surface area contributed by atoms with Gasteiger partial charge in [-0.3, -0.25) is 0 Å². The molecule has 2 aromatic carbocycles. The molecule has 4 nitrogen and oxygen atoms in total. The zero-order valence-corrected chi connectivity index (χ0v) is 14.2. The highest BCUT2D eigenvalue weighted by Crippen LogP contribution is 2.33. The summed E-state index contributed by atoms with van der Waals surface area (Å²) in [6, 6.07) is 10.6. The van der Waals surface area contributed by atoms with Crippen molar-refractivity contribution < 1.29 is 17.6 Å². The Kier molecular flexibility index (Phi) is 3.52. The van der Waals surface area contributed by atoms with E-state index in [2.05, 4.69) is 4.98 Å². The van der Waals surface area contributed by atoms with E-state index in [1.54, 1.807) is 12.1 Å². The van der Waals surface area contributed by atoms with Crippen LogP contribution < -0.4 is 5.63 Å². The molecule has 0 fully saturated rings. The lowest BCUT2D eigenvalue weighted by atomic mass is 10.1. The molecule has 0 spiro atoms. The van der Waals surface area contributed by atoms with E-state index < -0.39 is 23.1 Å². The van der Waals surface area contributed by atoms with Crippen molar-refractivity contribution in [2.75, 3.05) is 0 Å². The highest BCUT2D eigenvalue weighted by Gasteiger charge is 2.20. The minimum Gasteiger partial charge on any atom is -0.402 e. The topological polar surface area (TPSA) is 48.0 Å². The number of pyridine rings is 1. The van der Waals surface area contributed by atoms with Crippen molar-refractivity contribution in [3.8, 4) is 0 Å². The van der Waals surface area contributed by atoms with E-state index in [-0.39, 0.29) is 23.3 Å². The Morgan fingerprint density at radius 3 is 2.61 bits per heavy atom. The molecule has 0 atom stereocenters. The fraction of sp³-hybridized carbons (Fsp3) is 0.0476. The van der Waals surface area contributed by atoms with Gasteiger partial charge in [-0.1, -0.05) is 0 Å². The molecular formula is C21H11F3N2O2. The molecule has 0 saturated carbocycles. The smallest absolute Gasteiger partial charge is 0.362 e. The number of halogens is 3. The molecule has 0 radical (unpaired) electrons. The molecule has 28 heavy (non-hydrogen) atoms. The lowest BCUT2D eigenvalue weighted by Gasteiger charge is -2.08. The molecule has 0 unspecified atom stereocenters. The van der Waals surface area contributed by atoms with Crippen LogP contribution in [0, 0.1) is 17.5 Å². The monoisotopic (exact) mass is 380 g/mol. The van der Waals surface area contributed by atoms with Crippen molar-refractivity contribution in [3.05, 3.63) is 88.2 Å². The summed E-state index contributed by atoms with van der Waals surface area (Å²) in [5.41, 5.74) is 0.150. The Balaban J connectivity index is 1.94. The van der Waals surface area contributed by atoms with Crippen molar-refractivity contribution in [2.45, 2.75) is 6.54 Å². The highest BCUT2D eigenvalue weighted by molar-refractivity contribution is 6.18. The summed E-state index contributed by atoms with van der Waals surface area (Å²) in [7, 11) is 0. The number of hydrogen-bond donors (Lipinski definition) is 0. The number of benzene rings is 2. The largest absolute Gasteiger partial charge is 0.402 e. The minimum absolute atomic E-state index is 0.0637. The Morgan fingerprint density at radius 1 is 0.964 bits per heavy atom. The third-order valence-corrected chi connectivity index (χ3v) is 4.78. The van der Waals surface area contributed by atoms with E-state index in [9.17, 15) is 18.0 Å². The number of aromatic nitrogens is 2. The van der Waals surface area contributed by atoms with E-state index in [0.29, 0.717) is 21.7 Å². The van der Waals surface area contributed by atoms with Gasteiger partial charge in [-0.25, -0.2) is 22.9 Å². The molecule has 0 amide bonds. The van der Waals surface area contributed by atoms with Gasteiger partial charge in [0.1, 0.15) is 23.0 Å². The van der Waals surface area contributed by atoms with Gasteiger partial charge in [-0.05, 0) is 48.5 Å². The predicted molar refractivity (Wildman–Crippen MR) is 98.7 cm³/mol. The van der Waals surface area contributed by atoms with Crippen LogP contribution >= 0.6 is 0 Å². The normalized spacial score (nSPS) is 11.7. The van der Waals surface area contributed by atoms with Gasteiger partial charge in [0.2, 0.25) is 5.71 Å². The molecule has 0 N–H and O–H groups in total. The first kappa shape index (κ1) is 16.6. The van der Waals surface area contributed by atoms with Gasteiger partial charge in [0, 0.05) is 33.4 Å². The summed E-state index contributed by atoms with van der Waals surface area (Å²) in [6.07, 6.45) is 1.49. The Hall–Kier alpha value is -3.61. The van der Waals surface area contributed by atoms with E-state index in [4.69, 9.17) is 4.42 Å². The summed E-state index contributed by atoms with van der Waals surface area (Å²) in [6.45, 7) is -0.119. The summed E-state index contributed by atoms with van der Waals surface area (Å²) in [5.74, 6) is -1.68. The molecule has 0 saturated heterocycles. The molecule has 0 aliphatic heterocycles. The van der Waals surface area contributed by atoms with Crippen LogP contribution in [0.5, 0.6) is 0 Å². The van der Waals surface area contributed by atoms with Crippen molar-refractivity contribution in [1.82, 2.24) is 9.55 Å². The standard InChI is InChI=1S/C21H11F3N2O2/c22-12-3-5-16(24)11(8-12)10-26-17-6-4-13(23)9-15(17)18-14-2-1-7-25-20(14)28-21(27)19(18)26/h1-9H,10H2. The first-order valence-electron chi connectivity index (χ1n) is 8.46. The van der Waals surface area contributed by atoms with Crippen LogP contribution in [0.2, 0.25) is 0 Å². The molecule has 0 aliphatic rings. The molecule has 138 valence electrons. The summed E-state index contributed by atoms with van der Waals surface area (Å²) >= 11 is 0. The maximum atomic E-state index is 14.2. The molecule has 7 heteroatoms. The maximum Gasteiger partial charge on any atom is 0.362 e. The third-order valence-electron chi connectivity index (χ3n) is 4.78. The average Bonchev–Trinajstić information content (AvgIpc) is 2.99. The maximum absolute atomic E-state index is 14.2. The fourth-order valence-corrected chi connectivity index (χ4v) is 3.61. The molecule has 0 aliphatic carbocycles. The molecule has 3 heterocycles. The van der Waals surface area contributed by atoms with Crippen molar-refractivity contribution in [3.63, 3.8) is 0 Å². The summed E-state index contributed by atoms with van der Waals surface area (Å²) in [4.78, 5) is 16.8. The van der Waals surface area contributed by atoms with Crippen LogP contribution in [0.4, 0.5) is 13.2 Å². The van der Waals surface area contributed by atoms with Crippen LogP contribution in [0.3, 0.4) is 0 Å². The van der Waals surface area contributed by atoms with Crippen molar-refractivity contribution in [2.24, 2.45) is 0 Å². The second-order valence-corrected chi connectivity index (χ2v) is 6.45. The first-order valence-corrected chi connectivity index (χ1v) is 8.46. The predicted octanol–water partition coefficient (Wildman–Crippen LogP) is 4.76. The van der Waals surface area contributed by atoms with Crippen molar-refractivity contribution in [1.29, 1.82) is 0 Å². The van der Waals surface area contributed by atoms with Gasteiger partial charge in [0.25, 0.3) is 0 Å². The van der Waals surface area contributed by atoms with E-state index in [1.807, 2.05) is 0 Å². The van der Waals surface area contributed by atoms with E-state index in [0.717, 1.165) is 18.2 Å². The zero-order valence-electron chi connectivity index (χ0n) is 14.2. The Morgan fingerprint density at radius 2 is 1.75 bits per heavy atom. The molecule has 0 bridgehead atoms. The zero-order chi connectivity index (χ0) is 19.4. The molecular weight excluding hydrogens is 369 g/mol. The van der Waals surface area contributed by atoms with Gasteiger partial charge in [0.15, 0.2) is 0 Å². The van der Waals surface area contributed by atoms with E-state index >= 15 is 0 Å². The Labute approximate surface area is 155 Å². The Bertz CT molecular complexity index is 1450. The van der Waals surface area contributed by atoms with Gasteiger partial charge >= 0.3 is 5.63 Å². The number of rotatable bonds is 2. The second kappa shape index (κ2) is 5.95. The van der Waals surface area contributed by atoms with Crippen LogP contribution in [-0.4, -0.2) is 9.55 Å². The highest BCUT2D eigenvalue weighted by atomic mass is 19.1. The van der Waals surface area contributed by atoms with Crippen LogP contribution in [0.15, 0.2) is 63.9 Å². The average molecular weight is 380 g/mol. The van der Waals surface area contributed by atoms with Crippen LogP contribution in [0.25, 0.3) is 32.9 Å². The number of hydrogen-bond acceptors (Lipinski definition) is 3. The molecule has 5 rings (SSSR count). The van der Waals surface area contributed by atoms with Crippen LogP contribution in [0.1, 0.15) is 5.56 Å². The van der Waals surface area contributed by atoms with Gasteiger partial charge in [-0.2, -0.15) is 0 Å². The van der Waals surface area contributed by atoms with Crippen LogP contribution in [-0.2, 0) is 6.54 Å². The van der Waals surface area contributed by atoms with Gasteiger partial charge < -0.3 is 8.98 Å². The summed E-state index contributed by atoms with van der Waals surface area (Å²) < 4.78 is 48.7. The lowest BCUT2D eigenvalue weighted by molar-refractivity contribution is 0.551. The minimum atomic E-state index is -0.686. The molecule has 5 aromatic rings. The second-order valence-electron chi connectivity index (χ2n) is 6.45. The first-order chi connectivity index (χ1) is 13.5. The van der Waals surface area contributed by atoms with Gasteiger partial charge in [0.05, 0.1) is 6.54 Å². The SMILES string of the molecule is O=c1oc2ncccc2c2c3cc(F)ccc3n(Cc3cc(F)ccc3F)c12. The van der Waals surface area contributed by atoms with E-state index in [1.165, 1.54) is 29.0 Å².